The van der Waals surface area contributed by atoms with Crippen LogP contribution < -0.4 is 5.32 Å². The average Bonchev–Trinajstić information content (AvgIpc) is 2.52. The molecule has 4 nitrogen and oxygen atoms in total. The van der Waals surface area contributed by atoms with Crippen molar-refractivity contribution in [3.8, 4) is 0 Å². The van der Waals surface area contributed by atoms with E-state index < -0.39 is 41.6 Å². The maximum absolute atomic E-state index is 12.9. The summed E-state index contributed by atoms with van der Waals surface area (Å²) >= 11 is 0. The molecule has 0 fully saturated rings. The summed E-state index contributed by atoms with van der Waals surface area (Å²) in [5.74, 6) is -3.16. The average molecular weight is 337 g/mol. The van der Waals surface area contributed by atoms with Crippen molar-refractivity contribution >= 4 is 17.6 Å². The largest absolute Gasteiger partial charge is 0.481 e. The van der Waals surface area contributed by atoms with E-state index in [2.05, 4.69) is 5.32 Å². The van der Waals surface area contributed by atoms with Crippen molar-refractivity contribution in [2.24, 2.45) is 0 Å². The number of carboxylic acids is 1. The molecule has 2 aromatic carbocycles. The third kappa shape index (κ3) is 4.34. The first-order valence-electron chi connectivity index (χ1n) is 7.03. The zero-order valence-electron chi connectivity index (χ0n) is 12.4. The number of carbonyl (C=O) groups excluding carboxylic acids is 1. The standard InChI is InChI=1S/C17H14F3NO3/c18-17(19,20)13-8-4-5-9-14(13)21-15(22)10-12(16(23)24)11-6-2-1-3-7-11/h1-9,12H,10H2,(H,21,22)(H,23,24). The van der Waals surface area contributed by atoms with Crippen LogP contribution >= 0.6 is 0 Å². The molecule has 0 bridgehead atoms. The van der Waals surface area contributed by atoms with E-state index >= 15 is 0 Å². The number of para-hydroxylation sites is 1. The first-order chi connectivity index (χ1) is 11.3. The highest BCUT2D eigenvalue weighted by atomic mass is 19.4. The fourth-order valence-electron chi connectivity index (χ4n) is 2.26. The third-order valence-electron chi connectivity index (χ3n) is 3.40. The molecule has 7 heteroatoms. The summed E-state index contributed by atoms with van der Waals surface area (Å²) in [5.41, 5.74) is -0.971. The van der Waals surface area contributed by atoms with Gasteiger partial charge in [0.2, 0.25) is 5.91 Å². The maximum atomic E-state index is 12.9. The van der Waals surface area contributed by atoms with Crippen molar-refractivity contribution in [2.45, 2.75) is 18.5 Å². The van der Waals surface area contributed by atoms with E-state index in [1.807, 2.05) is 0 Å². The van der Waals surface area contributed by atoms with E-state index in [1.165, 1.54) is 12.1 Å². The third-order valence-corrected chi connectivity index (χ3v) is 3.40. The number of nitrogens with one attached hydrogen (secondary N) is 1. The zero-order valence-corrected chi connectivity index (χ0v) is 12.4. The number of alkyl halides is 3. The van der Waals surface area contributed by atoms with Crippen LogP contribution in [0.15, 0.2) is 54.6 Å². The summed E-state index contributed by atoms with van der Waals surface area (Å²) < 4.78 is 38.7. The molecular formula is C17H14F3NO3. The Morgan fingerprint density at radius 3 is 2.17 bits per heavy atom. The van der Waals surface area contributed by atoms with Gasteiger partial charge in [0.1, 0.15) is 0 Å². The molecule has 0 heterocycles. The summed E-state index contributed by atoms with van der Waals surface area (Å²) in [7, 11) is 0. The van der Waals surface area contributed by atoms with Gasteiger partial charge in [0.05, 0.1) is 17.2 Å². The highest BCUT2D eigenvalue weighted by Gasteiger charge is 2.34. The summed E-state index contributed by atoms with van der Waals surface area (Å²) in [4.78, 5) is 23.4. The lowest BCUT2D eigenvalue weighted by molar-refractivity contribution is -0.140. The van der Waals surface area contributed by atoms with Gasteiger partial charge >= 0.3 is 12.1 Å². The summed E-state index contributed by atoms with van der Waals surface area (Å²) in [5, 5.41) is 11.4. The number of halogens is 3. The van der Waals surface area contributed by atoms with Crippen molar-refractivity contribution < 1.29 is 27.9 Å². The van der Waals surface area contributed by atoms with Crippen LogP contribution in [-0.2, 0) is 15.8 Å². The van der Waals surface area contributed by atoms with Crippen LogP contribution in [0, 0.1) is 0 Å². The minimum Gasteiger partial charge on any atom is -0.481 e. The maximum Gasteiger partial charge on any atom is 0.418 e. The molecule has 24 heavy (non-hydrogen) atoms. The number of aliphatic carboxylic acids is 1. The molecule has 1 unspecified atom stereocenters. The van der Waals surface area contributed by atoms with Gasteiger partial charge in [-0.1, -0.05) is 42.5 Å². The molecule has 0 aliphatic carbocycles. The Hall–Kier alpha value is -2.83. The Morgan fingerprint density at radius 1 is 1.00 bits per heavy atom. The quantitative estimate of drug-likeness (QED) is 0.869. The van der Waals surface area contributed by atoms with E-state index in [4.69, 9.17) is 0 Å². The van der Waals surface area contributed by atoms with E-state index in [-0.39, 0.29) is 0 Å². The molecule has 0 saturated carbocycles. The van der Waals surface area contributed by atoms with Crippen molar-refractivity contribution in [1.82, 2.24) is 0 Å². The smallest absolute Gasteiger partial charge is 0.418 e. The van der Waals surface area contributed by atoms with Gasteiger partial charge in [0.15, 0.2) is 0 Å². The number of carboxylic acid groups (broad SMARTS) is 1. The van der Waals surface area contributed by atoms with E-state index in [1.54, 1.807) is 30.3 Å². The van der Waals surface area contributed by atoms with Gasteiger partial charge in [0.25, 0.3) is 0 Å². The molecule has 2 N–H and O–H groups in total. The molecule has 126 valence electrons. The number of hydrogen-bond donors (Lipinski definition) is 2. The molecule has 0 aliphatic rings. The lowest BCUT2D eigenvalue weighted by atomic mass is 9.95. The van der Waals surface area contributed by atoms with Gasteiger partial charge in [-0.05, 0) is 17.7 Å². The zero-order chi connectivity index (χ0) is 17.7. The number of amides is 1. The van der Waals surface area contributed by atoms with Crippen molar-refractivity contribution in [1.29, 1.82) is 0 Å². The topological polar surface area (TPSA) is 66.4 Å². The molecule has 0 aliphatic heterocycles. The number of anilines is 1. The molecule has 0 radical (unpaired) electrons. The fraction of sp³-hybridized carbons (Fsp3) is 0.176. The first kappa shape index (κ1) is 17.5. The minimum atomic E-state index is -4.62. The molecule has 1 atom stereocenters. The number of rotatable bonds is 5. The number of carbonyl (C=O) groups is 2. The molecule has 0 saturated heterocycles. The highest BCUT2D eigenvalue weighted by molar-refractivity contribution is 5.95. The van der Waals surface area contributed by atoms with E-state index in [9.17, 15) is 27.9 Å². The van der Waals surface area contributed by atoms with Crippen LogP contribution in [0.1, 0.15) is 23.5 Å². The Kier molecular flexibility index (Phi) is 5.23. The first-order valence-corrected chi connectivity index (χ1v) is 7.03. The molecular weight excluding hydrogens is 323 g/mol. The monoisotopic (exact) mass is 337 g/mol. The van der Waals surface area contributed by atoms with Crippen LogP contribution in [0.5, 0.6) is 0 Å². The van der Waals surface area contributed by atoms with Gasteiger partial charge in [0, 0.05) is 6.42 Å². The molecule has 2 aromatic rings. The minimum absolute atomic E-state index is 0.396. The van der Waals surface area contributed by atoms with Crippen LogP contribution in [0.2, 0.25) is 0 Å². The Labute approximate surface area is 135 Å². The van der Waals surface area contributed by atoms with Gasteiger partial charge in [-0.15, -0.1) is 0 Å². The predicted molar refractivity (Wildman–Crippen MR) is 81.5 cm³/mol. The van der Waals surface area contributed by atoms with Crippen LogP contribution in [0.25, 0.3) is 0 Å². The van der Waals surface area contributed by atoms with E-state index in [0.717, 1.165) is 12.1 Å². The van der Waals surface area contributed by atoms with Crippen molar-refractivity contribution in [2.75, 3.05) is 5.32 Å². The lowest BCUT2D eigenvalue weighted by Gasteiger charge is -2.16. The molecule has 0 spiro atoms. The fourth-order valence-corrected chi connectivity index (χ4v) is 2.26. The summed E-state index contributed by atoms with van der Waals surface area (Å²) in [6.45, 7) is 0. The van der Waals surface area contributed by atoms with Crippen molar-refractivity contribution in [3.63, 3.8) is 0 Å². The Balaban J connectivity index is 2.17. The molecule has 0 aromatic heterocycles. The second kappa shape index (κ2) is 7.16. The Morgan fingerprint density at radius 2 is 1.58 bits per heavy atom. The normalized spacial score (nSPS) is 12.5. The van der Waals surface area contributed by atoms with Gasteiger partial charge < -0.3 is 10.4 Å². The second-order valence-corrected chi connectivity index (χ2v) is 5.10. The SMILES string of the molecule is O=C(CC(C(=O)O)c1ccccc1)Nc1ccccc1C(F)(F)F. The van der Waals surface area contributed by atoms with Gasteiger partial charge in [-0.3, -0.25) is 9.59 Å². The molecule has 2 rings (SSSR count). The van der Waals surface area contributed by atoms with Crippen molar-refractivity contribution in [3.05, 3.63) is 65.7 Å². The predicted octanol–water partition coefficient (Wildman–Crippen LogP) is 3.90. The number of benzene rings is 2. The van der Waals surface area contributed by atoms with Gasteiger partial charge in [-0.2, -0.15) is 13.2 Å². The summed E-state index contributed by atoms with van der Waals surface area (Å²) in [6, 6.07) is 12.6. The molecule has 1 amide bonds. The lowest BCUT2D eigenvalue weighted by Crippen LogP contribution is -2.22. The second-order valence-electron chi connectivity index (χ2n) is 5.10. The van der Waals surface area contributed by atoms with Gasteiger partial charge in [-0.25, -0.2) is 0 Å². The Bertz CT molecular complexity index is 729. The number of hydrogen-bond acceptors (Lipinski definition) is 2. The van der Waals surface area contributed by atoms with Crippen LogP contribution in [-0.4, -0.2) is 17.0 Å². The van der Waals surface area contributed by atoms with E-state index in [0.29, 0.717) is 5.56 Å². The highest BCUT2D eigenvalue weighted by Crippen LogP contribution is 2.34. The summed E-state index contributed by atoms with van der Waals surface area (Å²) in [6.07, 6.45) is -5.08. The van der Waals surface area contributed by atoms with Crippen LogP contribution in [0.4, 0.5) is 18.9 Å². The van der Waals surface area contributed by atoms with Crippen LogP contribution in [0.3, 0.4) is 0 Å².